The Hall–Kier alpha value is -2.30. The van der Waals surface area contributed by atoms with E-state index in [1.807, 2.05) is 18.2 Å². The molecule has 1 N–H and O–H groups in total. The molecule has 1 aromatic heterocycles. The summed E-state index contributed by atoms with van der Waals surface area (Å²) < 4.78 is 5.38. The Morgan fingerprint density at radius 1 is 1.08 bits per heavy atom. The van der Waals surface area contributed by atoms with Gasteiger partial charge >= 0.3 is 5.63 Å². The fourth-order valence-electron chi connectivity index (χ4n) is 2.88. The molecule has 1 atom stereocenters. The summed E-state index contributed by atoms with van der Waals surface area (Å²) in [5.74, 6) is 0. The van der Waals surface area contributed by atoms with Gasteiger partial charge in [-0.05, 0) is 24.3 Å². The van der Waals surface area contributed by atoms with Crippen LogP contribution in [0.1, 0.15) is 23.6 Å². The summed E-state index contributed by atoms with van der Waals surface area (Å²) in [5.41, 5.74) is 5.04. The van der Waals surface area contributed by atoms with Crippen LogP contribution in [0.15, 0.2) is 62.8 Å². The molecular weight excluding hydrogens is 347 g/mol. The van der Waals surface area contributed by atoms with Gasteiger partial charge in [-0.2, -0.15) is 5.10 Å². The van der Waals surface area contributed by atoms with Crippen LogP contribution in [0, 0.1) is 0 Å². The van der Waals surface area contributed by atoms with E-state index in [0.29, 0.717) is 33.3 Å². The van der Waals surface area contributed by atoms with Crippen molar-refractivity contribution in [3.05, 3.63) is 80.1 Å². The molecule has 2 aromatic carbocycles. The molecule has 6 heteroatoms. The molecule has 1 unspecified atom stereocenters. The average Bonchev–Trinajstić information content (AvgIpc) is 3.03. The summed E-state index contributed by atoms with van der Waals surface area (Å²) in [6.07, 6.45) is 0.507. The summed E-state index contributed by atoms with van der Waals surface area (Å²) in [5, 5.41) is 6.30. The normalized spacial score (nSPS) is 16.9. The lowest BCUT2D eigenvalue weighted by atomic mass is 9.99. The first kappa shape index (κ1) is 15.2. The minimum absolute atomic E-state index is 0.174. The first-order valence-corrected chi connectivity index (χ1v) is 8.18. The Morgan fingerprint density at radius 3 is 2.62 bits per heavy atom. The summed E-state index contributed by atoms with van der Waals surface area (Å²) in [6.45, 7) is 0. The average molecular weight is 359 g/mol. The number of rotatable bonds is 2. The molecule has 120 valence electrons. The Balaban J connectivity index is 1.70. The highest BCUT2D eigenvalue weighted by molar-refractivity contribution is 6.36. The minimum Gasteiger partial charge on any atom is -0.422 e. The van der Waals surface area contributed by atoms with Crippen molar-refractivity contribution >= 4 is 39.9 Å². The zero-order chi connectivity index (χ0) is 16.7. The number of nitrogens with zero attached hydrogens (tertiary/aromatic N) is 1. The number of hydrogen-bond donors (Lipinski definition) is 1. The van der Waals surface area contributed by atoms with Gasteiger partial charge in [-0.25, -0.2) is 4.79 Å². The maximum Gasteiger partial charge on any atom is 0.345 e. The van der Waals surface area contributed by atoms with Crippen molar-refractivity contribution in [1.29, 1.82) is 0 Å². The van der Waals surface area contributed by atoms with Crippen LogP contribution in [0.5, 0.6) is 0 Å². The lowest BCUT2D eigenvalue weighted by Crippen LogP contribution is -2.14. The smallest absolute Gasteiger partial charge is 0.345 e. The number of hydrogen-bond acceptors (Lipinski definition) is 4. The fraction of sp³-hybridized carbons (Fsp3) is 0.111. The van der Waals surface area contributed by atoms with E-state index in [-0.39, 0.29) is 6.04 Å². The number of halogens is 2. The fourth-order valence-corrected chi connectivity index (χ4v) is 3.54. The number of para-hydroxylation sites is 1. The van der Waals surface area contributed by atoms with E-state index in [9.17, 15) is 4.79 Å². The number of hydrazone groups is 1. The van der Waals surface area contributed by atoms with Crippen molar-refractivity contribution in [3.63, 3.8) is 0 Å². The predicted molar refractivity (Wildman–Crippen MR) is 96.0 cm³/mol. The van der Waals surface area contributed by atoms with E-state index in [4.69, 9.17) is 27.6 Å². The van der Waals surface area contributed by atoms with Gasteiger partial charge in [-0.1, -0.05) is 47.5 Å². The molecule has 1 aliphatic heterocycles. The zero-order valence-corrected chi connectivity index (χ0v) is 13.9. The molecule has 0 aliphatic carbocycles. The summed E-state index contributed by atoms with van der Waals surface area (Å²) in [7, 11) is 0. The SMILES string of the molecule is O=c1oc2ccccc2cc1C1=NNC(c2c(Cl)cccc2Cl)C1. The van der Waals surface area contributed by atoms with E-state index in [0.717, 1.165) is 10.9 Å². The van der Waals surface area contributed by atoms with E-state index in [2.05, 4.69) is 10.5 Å². The summed E-state index contributed by atoms with van der Waals surface area (Å²) >= 11 is 12.5. The molecule has 2 heterocycles. The van der Waals surface area contributed by atoms with Gasteiger partial charge in [0.25, 0.3) is 0 Å². The second-order valence-corrected chi connectivity index (χ2v) is 6.38. The highest BCUT2D eigenvalue weighted by Gasteiger charge is 2.27. The molecule has 0 saturated heterocycles. The second kappa shape index (κ2) is 5.96. The van der Waals surface area contributed by atoms with Crippen molar-refractivity contribution in [2.75, 3.05) is 0 Å². The van der Waals surface area contributed by atoms with Gasteiger partial charge < -0.3 is 9.84 Å². The molecule has 0 fully saturated rings. The monoisotopic (exact) mass is 358 g/mol. The molecule has 0 radical (unpaired) electrons. The van der Waals surface area contributed by atoms with Crippen molar-refractivity contribution in [2.24, 2.45) is 5.10 Å². The third-order valence-electron chi connectivity index (χ3n) is 4.05. The van der Waals surface area contributed by atoms with Gasteiger partial charge in [0.2, 0.25) is 0 Å². The largest absolute Gasteiger partial charge is 0.422 e. The van der Waals surface area contributed by atoms with Gasteiger partial charge in [0.15, 0.2) is 0 Å². The van der Waals surface area contributed by atoms with Gasteiger partial charge in [-0.3, -0.25) is 0 Å². The molecule has 0 saturated carbocycles. The van der Waals surface area contributed by atoms with Crippen LogP contribution in [0.4, 0.5) is 0 Å². The van der Waals surface area contributed by atoms with E-state index in [1.54, 1.807) is 30.3 Å². The molecule has 1 aliphatic rings. The summed E-state index contributed by atoms with van der Waals surface area (Å²) in [4.78, 5) is 12.3. The molecule has 24 heavy (non-hydrogen) atoms. The lowest BCUT2D eigenvalue weighted by Gasteiger charge is -2.13. The number of fused-ring (bicyclic) bond motifs is 1. The first-order chi connectivity index (χ1) is 11.6. The van der Waals surface area contributed by atoms with Crippen LogP contribution in [0.25, 0.3) is 11.0 Å². The second-order valence-electron chi connectivity index (χ2n) is 5.56. The zero-order valence-electron chi connectivity index (χ0n) is 12.4. The Kier molecular flexibility index (Phi) is 3.79. The Morgan fingerprint density at radius 2 is 1.83 bits per heavy atom. The van der Waals surface area contributed by atoms with E-state index in [1.165, 1.54) is 0 Å². The van der Waals surface area contributed by atoms with Gasteiger partial charge in [0.05, 0.1) is 17.3 Å². The first-order valence-electron chi connectivity index (χ1n) is 7.43. The molecule has 0 bridgehead atoms. The maximum atomic E-state index is 12.3. The van der Waals surface area contributed by atoms with Gasteiger partial charge in [-0.15, -0.1) is 0 Å². The lowest BCUT2D eigenvalue weighted by molar-refractivity contribution is 0.559. The maximum absolute atomic E-state index is 12.3. The Bertz CT molecular complexity index is 1010. The van der Waals surface area contributed by atoms with Crippen molar-refractivity contribution in [3.8, 4) is 0 Å². The van der Waals surface area contributed by atoms with E-state index < -0.39 is 5.63 Å². The van der Waals surface area contributed by atoms with Gasteiger partial charge in [0.1, 0.15) is 5.58 Å². The van der Waals surface area contributed by atoms with E-state index >= 15 is 0 Å². The molecule has 4 rings (SSSR count). The van der Waals surface area contributed by atoms with Crippen molar-refractivity contribution < 1.29 is 4.42 Å². The highest BCUT2D eigenvalue weighted by atomic mass is 35.5. The minimum atomic E-state index is -0.403. The quantitative estimate of drug-likeness (QED) is 0.684. The van der Waals surface area contributed by atoms with Crippen LogP contribution >= 0.6 is 23.2 Å². The van der Waals surface area contributed by atoms with Crippen molar-refractivity contribution in [1.82, 2.24) is 5.43 Å². The third-order valence-corrected chi connectivity index (χ3v) is 4.71. The molecular formula is C18H12Cl2N2O2. The van der Waals surface area contributed by atoms with Crippen LogP contribution in [0.3, 0.4) is 0 Å². The van der Waals surface area contributed by atoms with Crippen LogP contribution in [-0.4, -0.2) is 5.71 Å². The van der Waals surface area contributed by atoms with Crippen LogP contribution in [0.2, 0.25) is 10.0 Å². The van der Waals surface area contributed by atoms with Crippen molar-refractivity contribution in [2.45, 2.75) is 12.5 Å². The molecule has 3 aromatic rings. The number of benzene rings is 2. The number of nitrogens with one attached hydrogen (secondary N) is 1. The topological polar surface area (TPSA) is 54.6 Å². The predicted octanol–water partition coefficient (Wildman–Crippen LogP) is 4.54. The molecule has 0 amide bonds. The standard InChI is InChI=1S/C18H12Cl2N2O2/c19-12-5-3-6-13(20)17(12)15-9-14(21-22-15)11-8-10-4-1-2-7-16(10)24-18(11)23/h1-8,15,22H,9H2. The van der Waals surface area contributed by atoms with Crippen LogP contribution in [-0.2, 0) is 0 Å². The molecule has 4 nitrogen and oxygen atoms in total. The highest BCUT2D eigenvalue weighted by Crippen LogP contribution is 2.34. The molecule has 0 spiro atoms. The summed E-state index contributed by atoms with van der Waals surface area (Å²) in [6, 6.07) is 14.4. The van der Waals surface area contributed by atoms with Crippen LogP contribution < -0.4 is 11.1 Å². The van der Waals surface area contributed by atoms with Gasteiger partial charge in [0, 0.05) is 27.4 Å². The third kappa shape index (κ3) is 2.58. The Labute approximate surface area is 147 Å².